The number of β-lactam (4-membered cyclic amide) rings is 1. The second-order valence-electron chi connectivity index (χ2n) is 8.26. The molecule has 3 aromatic rings. The van der Waals surface area contributed by atoms with Crippen LogP contribution in [0, 0.1) is 6.92 Å². The molecule has 0 saturated carbocycles. The van der Waals surface area contributed by atoms with Crippen LogP contribution < -0.4 is 9.88 Å². The third kappa shape index (κ3) is 5.15. The average molecular weight is 541 g/mol. The molecule has 2 unspecified atom stereocenters. The first kappa shape index (κ1) is 24.5. The topological polar surface area (TPSA) is 116 Å². The first-order valence-corrected chi connectivity index (χ1v) is 13.8. The molecule has 0 bridgehead atoms. The highest BCUT2D eigenvalue weighted by Gasteiger charge is 2.54. The van der Waals surface area contributed by atoms with Crippen LogP contribution >= 0.6 is 34.9 Å². The minimum absolute atomic E-state index is 0.0426. The quantitative estimate of drug-likeness (QED) is 0.330. The van der Waals surface area contributed by atoms with Crippen molar-refractivity contribution in [3.05, 3.63) is 81.6 Å². The molecule has 9 nitrogen and oxygen atoms in total. The average Bonchev–Trinajstić information content (AvgIpc) is 3.28. The molecule has 1 fully saturated rings. The SMILES string of the molecule is Cc1nnc(SC2=C(C(=O)O)N3C(=O)C(NC(=O)Cc4ccc(C[n+]5ccccc5)cc4)C3SC2)s1. The van der Waals surface area contributed by atoms with E-state index in [0.29, 0.717) is 15.0 Å². The van der Waals surface area contributed by atoms with Crippen LogP contribution in [0.2, 0.25) is 0 Å². The summed E-state index contributed by atoms with van der Waals surface area (Å²) in [5.41, 5.74) is 1.91. The summed E-state index contributed by atoms with van der Waals surface area (Å²) < 4.78 is 2.70. The lowest BCUT2D eigenvalue weighted by Gasteiger charge is -2.49. The molecule has 2 aromatic heterocycles. The van der Waals surface area contributed by atoms with Gasteiger partial charge in [-0.2, -0.15) is 0 Å². The first-order chi connectivity index (χ1) is 17.4. The van der Waals surface area contributed by atoms with Gasteiger partial charge in [-0.15, -0.1) is 22.0 Å². The highest BCUT2D eigenvalue weighted by Crippen LogP contribution is 2.45. The molecule has 2 amide bonds. The molecule has 2 atom stereocenters. The number of aromatic nitrogens is 3. The van der Waals surface area contributed by atoms with Gasteiger partial charge in [0, 0.05) is 28.4 Å². The molecule has 2 aliphatic rings. The fourth-order valence-corrected chi connectivity index (χ4v) is 7.47. The highest BCUT2D eigenvalue weighted by molar-refractivity contribution is 8.07. The Kier molecular flexibility index (Phi) is 7.08. The monoisotopic (exact) mass is 540 g/mol. The summed E-state index contributed by atoms with van der Waals surface area (Å²) >= 11 is 4.03. The smallest absolute Gasteiger partial charge is 0.353 e. The number of pyridine rings is 1. The van der Waals surface area contributed by atoms with Gasteiger partial charge in [0.25, 0.3) is 5.91 Å². The van der Waals surface area contributed by atoms with Crippen molar-refractivity contribution in [3.8, 4) is 0 Å². The maximum absolute atomic E-state index is 12.9. The van der Waals surface area contributed by atoms with Crippen molar-refractivity contribution in [2.45, 2.75) is 35.6 Å². The summed E-state index contributed by atoms with van der Waals surface area (Å²) in [6, 6.07) is 12.9. The van der Waals surface area contributed by atoms with Crippen LogP contribution in [0.4, 0.5) is 0 Å². The molecule has 0 radical (unpaired) electrons. The van der Waals surface area contributed by atoms with Gasteiger partial charge in [-0.25, -0.2) is 9.36 Å². The molecule has 1 saturated heterocycles. The van der Waals surface area contributed by atoms with E-state index in [9.17, 15) is 19.5 Å². The molecule has 1 aromatic carbocycles. The molecular weight excluding hydrogens is 518 g/mol. The van der Waals surface area contributed by atoms with E-state index in [4.69, 9.17) is 0 Å². The van der Waals surface area contributed by atoms with Crippen molar-refractivity contribution in [2.75, 3.05) is 5.75 Å². The molecule has 36 heavy (non-hydrogen) atoms. The van der Waals surface area contributed by atoms with Gasteiger partial charge < -0.3 is 10.4 Å². The van der Waals surface area contributed by atoms with Crippen molar-refractivity contribution >= 4 is 52.6 Å². The van der Waals surface area contributed by atoms with Crippen LogP contribution in [0.3, 0.4) is 0 Å². The number of nitrogens with one attached hydrogen (secondary N) is 1. The van der Waals surface area contributed by atoms with E-state index >= 15 is 0 Å². The largest absolute Gasteiger partial charge is 0.477 e. The van der Waals surface area contributed by atoms with Crippen molar-refractivity contribution in [1.29, 1.82) is 0 Å². The van der Waals surface area contributed by atoms with Gasteiger partial charge in [-0.1, -0.05) is 53.4 Å². The number of carbonyl (C=O) groups is 3. The fraction of sp³-hybridized carbons (Fsp3) is 0.250. The van der Waals surface area contributed by atoms with Crippen LogP contribution in [-0.4, -0.2) is 55.2 Å². The van der Waals surface area contributed by atoms with Gasteiger partial charge in [0.15, 0.2) is 23.3 Å². The number of thioether (sulfide) groups is 2. The van der Waals surface area contributed by atoms with Crippen LogP contribution in [0.5, 0.6) is 0 Å². The van der Waals surface area contributed by atoms with Crippen molar-refractivity contribution in [1.82, 2.24) is 20.4 Å². The van der Waals surface area contributed by atoms with Crippen molar-refractivity contribution in [3.63, 3.8) is 0 Å². The van der Waals surface area contributed by atoms with Gasteiger partial charge in [0.2, 0.25) is 5.91 Å². The predicted octanol–water partition coefficient (Wildman–Crippen LogP) is 2.21. The highest BCUT2D eigenvalue weighted by atomic mass is 32.2. The van der Waals surface area contributed by atoms with E-state index in [-0.39, 0.29) is 18.0 Å². The molecule has 0 spiro atoms. The zero-order chi connectivity index (χ0) is 25.2. The Labute approximate surface area is 219 Å². The maximum atomic E-state index is 12.9. The Bertz CT molecular complexity index is 1340. The number of rotatable bonds is 8. The second-order valence-corrected chi connectivity index (χ2v) is 11.9. The Morgan fingerprint density at radius 2 is 1.89 bits per heavy atom. The van der Waals surface area contributed by atoms with Crippen LogP contribution in [0.15, 0.2) is 69.8 Å². The molecule has 4 heterocycles. The summed E-state index contributed by atoms with van der Waals surface area (Å²) in [6.45, 7) is 2.56. The first-order valence-electron chi connectivity index (χ1n) is 11.1. The number of amides is 2. The lowest BCUT2D eigenvalue weighted by molar-refractivity contribution is -0.688. The Hall–Kier alpha value is -3.22. The number of aryl methyl sites for hydroxylation is 1. The zero-order valence-electron chi connectivity index (χ0n) is 19.2. The Balaban J connectivity index is 1.20. The lowest BCUT2D eigenvalue weighted by Crippen LogP contribution is -2.70. The Morgan fingerprint density at radius 3 is 2.56 bits per heavy atom. The third-order valence-corrected chi connectivity index (χ3v) is 9.14. The van der Waals surface area contributed by atoms with Crippen LogP contribution in [0.25, 0.3) is 0 Å². The number of carboxylic acid groups (broad SMARTS) is 1. The van der Waals surface area contributed by atoms with Crippen molar-refractivity contribution in [2.24, 2.45) is 0 Å². The van der Waals surface area contributed by atoms with E-state index in [2.05, 4.69) is 20.1 Å². The van der Waals surface area contributed by atoms with Gasteiger partial charge in [0.05, 0.1) is 6.42 Å². The summed E-state index contributed by atoms with van der Waals surface area (Å²) in [5, 5.41) is 20.9. The van der Waals surface area contributed by atoms with Gasteiger partial charge in [-0.05, 0) is 12.5 Å². The van der Waals surface area contributed by atoms with E-state index in [1.54, 1.807) is 0 Å². The summed E-state index contributed by atoms with van der Waals surface area (Å²) in [4.78, 5) is 39.4. The normalized spacial score (nSPS) is 19.0. The molecule has 2 aliphatic heterocycles. The number of carboxylic acids is 1. The minimum Gasteiger partial charge on any atom is -0.477 e. The fourth-order valence-electron chi connectivity index (χ4n) is 4.02. The van der Waals surface area contributed by atoms with Crippen LogP contribution in [0.1, 0.15) is 16.1 Å². The number of benzene rings is 1. The molecule has 5 rings (SSSR count). The Morgan fingerprint density at radius 1 is 1.17 bits per heavy atom. The van der Waals surface area contributed by atoms with Gasteiger partial charge in [-0.3, -0.25) is 14.5 Å². The number of aliphatic carboxylic acids is 1. The molecule has 12 heteroatoms. The number of nitrogens with zero attached hydrogens (tertiary/aromatic N) is 4. The van der Waals surface area contributed by atoms with E-state index < -0.39 is 23.3 Å². The number of fused-ring (bicyclic) bond motifs is 1. The van der Waals surface area contributed by atoms with E-state index in [0.717, 1.165) is 22.7 Å². The standard InChI is InChI=1S/C24H21N5O4S3/c1-14-26-27-24(35-14)36-17-13-34-22-19(21(31)29(22)20(17)23(32)33)25-18(30)11-15-5-7-16(8-6-15)12-28-9-3-2-4-10-28/h2-10,19,22H,11-13H2,1H3,(H-,25,30,32,33)/p+1. The van der Waals surface area contributed by atoms with E-state index in [1.807, 2.05) is 61.8 Å². The summed E-state index contributed by atoms with van der Waals surface area (Å²) in [7, 11) is 0. The third-order valence-electron chi connectivity index (χ3n) is 5.70. The number of hydrogen-bond acceptors (Lipinski definition) is 8. The van der Waals surface area contributed by atoms with Gasteiger partial charge in [0.1, 0.15) is 22.1 Å². The van der Waals surface area contributed by atoms with Crippen LogP contribution in [-0.2, 0) is 27.3 Å². The number of hydrogen-bond donors (Lipinski definition) is 2. The van der Waals surface area contributed by atoms with Gasteiger partial charge >= 0.3 is 5.97 Å². The van der Waals surface area contributed by atoms with Crippen molar-refractivity contribution < 1.29 is 24.1 Å². The summed E-state index contributed by atoms with van der Waals surface area (Å²) in [5.74, 6) is -1.45. The molecular formula is C24H22N5O4S3+. The maximum Gasteiger partial charge on any atom is 0.353 e. The molecule has 0 aliphatic carbocycles. The second kappa shape index (κ2) is 10.4. The zero-order valence-corrected chi connectivity index (χ0v) is 21.6. The number of carbonyl (C=O) groups excluding carboxylic acids is 2. The van der Waals surface area contributed by atoms with E-state index in [1.165, 1.54) is 39.8 Å². The minimum atomic E-state index is -1.17. The lowest BCUT2D eigenvalue weighted by atomic mass is 10.0. The molecule has 184 valence electrons. The predicted molar refractivity (Wildman–Crippen MR) is 136 cm³/mol. The summed E-state index contributed by atoms with van der Waals surface area (Å²) in [6.07, 6.45) is 4.12. The molecule has 2 N–H and O–H groups in total.